The first-order valence-corrected chi connectivity index (χ1v) is 12.0. The lowest BCUT2D eigenvalue weighted by atomic mass is 9.83. The quantitative estimate of drug-likeness (QED) is 0.479. The van der Waals surface area contributed by atoms with E-state index in [0.717, 1.165) is 12.8 Å². The minimum atomic E-state index is -2.83. The summed E-state index contributed by atoms with van der Waals surface area (Å²) in [5.74, 6) is -5.42. The smallest absolute Gasteiger partial charge is 0.251 e. The van der Waals surface area contributed by atoms with E-state index in [1.54, 1.807) is 24.3 Å². The van der Waals surface area contributed by atoms with Crippen LogP contribution in [0.5, 0.6) is 5.75 Å². The second kappa shape index (κ2) is 10.1. The first kappa shape index (κ1) is 24.8. The molecule has 9 heteroatoms. The maximum Gasteiger partial charge on any atom is 0.251 e. The monoisotopic (exact) mass is 485 g/mol. The highest BCUT2D eigenvalue weighted by molar-refractivity contribution is 6.02. The molecule has 2 aliphatic carbocycles. The van der Waals surface area contributed by atoms with Gasteiger partial charge in [-0.15, -0.1) is 0 Å². The van der Waals surface area contributed by atoms with Crippen molar-refractivity contribution in [2.75, 3.05) is 7.11 Å². The van der Waals surface area contributed by atoms with E-state index in [4.69, 9.17) is 4.74 Å². The van der Waals surface area contributed by atoms with Crippen molar-refractivity contribution in [3.63, 3.8) is 0 Å². The summed E-state index contributed by atoms with van der Waals surface area (Å²) in [6.07, 6.45) is 2.34. The van der Waals surface area contributed by atoms with Crippen molar-refractivity contribution in [1.29, 1.82) is 5.26 Å². The zero-order valence-electron chi connectivity index (χ0n) is 19.6. The Hall–Kier alpha value is -3.28. The zero-order valence-corrected chi connectivity index (χ0v) is 19.6. The molecule has 0 bridgehead atoms. The number of rotatable bonds is 10. The molecule has 35 heavy (non-hydrogen) atoms. The highest BCUT2D eigenvalue weighted by Gasteiger charge is 2.57. The molecule has 2 N–H and O–H groups in total. The topological polar surface area (TPSA) is 112 Å². The fraction of sp³-hybridized carbons (Fsp3) is 0.538. The molecule has 2 aliphatic rings. The van der Waals surface area contributed by atoms with Gasteiger partial charge in [-0.05, 0) is 43.9 Å². The predicted octanol–water partition coefficient (Wildman–Crippen LogP) is 4.57. The van der Waals surface area contributed by atoms with Crippen molar-refractivity contribution in [2.24, 2.45) is 17.8 Å². The first-order valence-electron chi connectivity index (χ1n) is 12.0. The van der Waals surface area contributed by atoms with Crippen LogP contribution in [0.3, 0.4) is 0 Å². The number of carbonyl (C=O) groups excluding carboxylic acids is 3. The third-order valence-electron chi connectivity index (χ3n) is 7.15. The lowest BCUT2D eigenvalue weighted by Crippen LogP contribution is -2.41. The number of fused-ring (bicyclic) bond motifs is 1. The summed E-state index contributed by atoms with van der Waals surface area (Å²) >= 11 is 0. The number of carbonyl (C=O) groups is 3. The number of amides is 1. The summed E-state index contributed by atoms with van der Waals surface area (Å²) in [4.78, 5) is 41.3. The van der Waals surface area contributed by atoms with Gasteiger partial charge in [0.05, 0.1) is 18.9 Å². The predicted molar refractivity (Wildman–Crippen MR) is 124 cm³/mol. The number of halogens is 2. The number of nitrogens with zero attached hydrogens (tertiary/aromatic N) is 1. The van der Waals surface area contributed by atoms with E-state index in [9.17, 15) is 28.4 Å². The Morgan fingerprint density at radius 3 is 2.74 bits per heavy atom. The Balaban J connectivity index is 1.47. The van der Waals surface area contributed by atoms with E-state index < -0.39 is 29.7 Å². The maximum absolute atomic E-state index is 13.7. The van der Waals surface area contributed by atoms with Crippen LogP contribution in [0, 0.1) is 29.1 Å². The minimum Gasteiger partial charge on any atom is -0.496 e. The fourth-order valence-electron chi connectivity index (χ4n) is 4.96. The van der Waals surface area contributed by atoms with Gasteiger partial charge >= 0.3 is 0 Å². The molecule has 0 saturated heterocycles. The van der Waals surface area contributed by atoms with Crippen LogP contribution >= 0.6 is 0 Å². The lowest BCUT2D eigenvalue weighted by molar-refractivity contribution is -0.127. The number of hydrogen-bond acceptors (Lipinski definition) is 5. The average molecular weight is 486 g/mol. The van der Waals surface area contributed by atoms with Gasteiger partial charge in [-0.1, -0.05) is 12.5 Å². The molecular formula is C26H29F2N3O4. The minimum absolute atomic E-state index is 0.0874. The molecule has 2 fully saturated rings. The number of H-pyrrole nitrogens is 1. The van der Waals surface area contributed by atoms with Crippen molar-refractivity contribution in [2.45, 2.75) is 63.3 Å². The van der Waals surface area contributed by atoms with Crippen molar-refractivity contribution in [3.8, 4) is 11.8 Å². The van der Waals surface area contributed by atoms with Gasteiger partial charge in [-0.3, -0.25) is 14.4 Å². The van der Waals surface area contributed by atoms with Crippen molar-refractivity contribution in [1.82, 2.24) is 10.3 Å². The van der Waals surface area contributed by atoms with Gasteiger partial charge in [0.15, 0.2) is 5.78 Å². The van der Waals surface area contributed by atoms with Crippen LogP contribution in [-0.4, -0.2) is 41.5 Å². The fourth-order valence-corrected chi connectivity index (χ4v) is 4.96. The van der Waals surface area contributed by atoms with E-state index in [2.05, 4.69) is 10.3 Å². The Morgan fingerprint density at radius 2 is 2.09 bits per heavy atom. The second-order valence-corrected chi connectivity index (χ2v) is 9.66. The number of nitriles is 1. The largest absolute Gasteiger partial charge is 0.496 e. The number of aromatic amines is 1. The maximum atomic E-state index is 13.7. The molecule has 2 aromatic rings. The van der Waals surface area contributed by atoms with Gasteiger partial charge in [0.2, 0.25) is 5.91 Å². The molecule has 1 heterocycles. The Kier molecular flexibility index (Phi) is 7.20. The van der Waals surface area contributed by atoms with Crippen LogP contribution in [0.4, 0.5) is 8.78 Å². The van der Waals surface area contributed by atoms with E-state index >= 15 is 0 Å². The molecule has 1 amide bonds. The number of alkyl halides is 2. The van der Waals surface area contributed by atoms with E-state index in [0.29, 0.717) is 29.5 Å². The van der Waals surface area contributed by atoms with Crippen LogP contribution in [0.15, 0.2) is 24.3 Å². The Bertz CT molecular complexity index is 1170. The normalized spacial score (nSPS) is 22.7. The van der Waals surface area contributed by atoms with Gasteiger partial charge in [-0.25, -0.2) is 8.78 Å². The van der Waals surface area contributed by atoms with Gasteiger partial charge in [-0.2, -0.15) is 5.26 Å². The van der Waals surface area contributed by atoms with Crippen LogP contribution in [0.1, 0.15) is 61.9 Å². The third kappa shape index (κ3) is 5.69. The lowest BCUT2D eigenvalue weighted by Gasteiger charge is -2.24. The van der Waals surface area contributed by atoms with Gasteiger partial charge in [0.25, 0.3) is 5.92 Å². The number of Topliss-reactive ketones (excluding diaryl/α,β-unsaturated/α-hetero) is 2. The van der Waals surface area contributed by atoms with Gasteiger partial charge in [0.1, 0.15) is 17.6 Å². The number of aromatic nitrogens is 1. The standard InChI is InChI=1S/C26H29F2N3O4/c1-35-24-8-4-6-20-19(24)12-21(31-20)23(33)11-16(9-17-13-26(17,27)28)25(34)30-18(14-29)10-15-5-2-3-7-22(15)32/h4,6,8,12,15-18,31H,2-3,5,7,9-11,13H2,1H3,(H,30,34). The highest BCUT2D eigenvalue weighted by Crippen LogP contribution is 2.52. The highest BCUT2D eigenvalue weighted by atomic mass is 19.3. The molecule has 1 aromatic heterocycles. The van der Waals surface area contributed by atoms with Gasteiger partial charge in [0, 0.05) is 47.9 Å². The molecular weight excluding hydrogens is 456 g/mol. The van der Waals surface area contributed by atoms with E-state index in [1.807, 2.05) is 6.07 Å². The van der Waals surface area contributed by atoms with Crippen LogP contribution < -0.4 is 10.1 Å². The molecule has 0 radical (unpaired) electrons. The van der Waals surface area contributed by atoms with E-state index in [1.165, 1.54) is 7.11 Å². The molecule has 1 aromatic carbocycles. The molecule has 4 rings (SSSR count). The molecule has 0 spiro atoms. The second-order valence-electron chi connectivity index (χ2n) is 9.66. The molecule has 4 atom stereocenters. The molecule has 186 valence electrons. The first-order chi connectivity index (χ1) is 16.7. The van der Waals surface area contributed by atoms with Crippen molar-refractivity contribution >= 4 is 28.4 Å². The molecule has 7 nitrogen and oxygen atoms in total. The number of hydrogen-bond donors (Lipinski definition) is 2. The van der Waals surface area contributed by atoms with Crippen LogP contribution in [0.25, 0.3) is 10.9 Å². The molecule has 4 unspecified atom stereocenters. The third-order valence-corrected chi connectivity index (χ3v) is 7.15. The van der Waals surface area contributed by atoms with Gasteiger partial charge < -0.3 is 15.0 Å². The van der Waals surface area contributed by atoms with E-state index in [-0.39, 0.29) is 48.9 Å². The summed E-state index contributed by atoms with van der Waals surface area (Å²) in [5.41, 5.74) is 0.943. The Labute approximate surface area is 202 Å². The average Bonchev–Trinajstić information content (AvgIpc) is 3.22. The summed E-state index contributed by atoms with van der Waals surface area (Å²) in [6.45, 7) is 0. The van der Waals surface area contributed by atoms with Crippen LogP contribution in [-0.2, 0) is 9.59 Å². The summed E-state index contributed by atoms with van der Waals surface area (Å²) in [7, 11) is 1.52. The number of nitrogens with one attached hydrogen (secondary N) is 2. The summed E-state index contributed by atoms with van der Waals surface area (Å²) < 4.78 is 32.6. The van der Waals surface area contributed by atoms with Crippen molar-refractivity contribution < 1.29 is 27.9 Å². The van der Waals surface area contributed by atoms with Crippen LogP contribution in [0.2, 0.25) is 0 Å². The Morgan fingerprint density at radius 1 is 1.31 bits per heavy atom. The number of methoxy groups -OCH3 is 1. The molecule has 2 saturated carbocycles. The summed E-state index contributed by atoms with van der Waals surface area (Å²) in [5, 5.41) is 12.9. The number of benzene rings is 1. The number of ketones is 2. The number of ether oxygens (including phenoxy) is 1. The SMILES string of the molecule is COc1cccc2[nH]c(C(=O)CC(CC3CC3(F)F)C(=O)NC(C#N)CC3CCCCC3=O)cc12. The zero-order chi connectivity index (χ0) is 25.2. The van der Waals surface area contributed by atoms with Crippen molar-refractivity contribution in [3.05, 3.63) is 30.0 Å². The summed E-state index contributed by atoms with van der Waals surface area (Å²) in [6, 6.07) is 8.05. The molecule has 0 aliphatic heterocycles.